The van der Waals surface area contributed by atoms with Gasteiger partial charge in [-0.2, -0.15) is 13.2 Å². The van der Waals surface area contributed by atoms with Crippen molar-refractivity contribution in [2.45, 2.75) is 69.1 Å². The quantitative estimate of drug-likeness (QED) is 0.757. The molecule has 0 radical (unpaired) electrons. The van der Waals surface area contributed by atoms with Crippen LogP contribution in [-0.2, 0) is 16.0 Å². The van der Waals surface area contributed by atoms with Gasteiger partial charge in [-0.25, -0.2) is 13.2 Å². The van der Waals surface area contributed by atoms with Crippen LogP contribution < -0.4 is 0 Å². The molecule has 158 valence electrons. The Morgan fingerprint density at radius 1 is 1.14 bits per heavy atom. The summed E-state index contributed by atoms with van der Waals surface area (Å²) in [6.07, 6.45) is -3.51. The molecule has 0 heterocycles. The molecule has 1 fully saturated rings. The van der Waals surface area contributed by atoms with E-state index in [2.05, 4.69) is 0 Å². The molecule has 1 amide bonds. The molecule has 0 spiro atoms. The first-order chi connectivity index (χ1) is 12.7. The molecule has 1 aromatic carbocycles. The third-order valence-electron chi connectivity index (χ3n) is 5.09. The highest BCUT2D eigenvalue weighted by Gasteiger charge is 2.37. The molecule has 0 bridgehead atoms. The summed E-state index contributed by atoms with van der Waals surface area (Å²) in [5, 5.41) is 9.49. The maximum Gasteiger partial charge on any atom is 0.416 e. The van der Waals surface area contributed by atoms with Gasteiger partial charge in [0, 0.05) is 11.6 Å². The normalized spacial score (nSPS) is 21.4. The summed E-state index contributed by atoms with van der Waals surface area (Å²) in [4.78, 5) is 12.7. The maximum absolute atomic E-state index is 12.8. The standard InChI is InChI=1S/C19H26F3NO4S/c1-18(2,3)23(17(24)25)15-9-7-13(8-10-15)12-28(26,27)16-6-4-5-14(11-16)19(20,21)22/h4-6,11,13,15H,7-10,12H2,1-3H3,(H,24,25)/t13-,15-. The lowest BCUT2D eigenvalue weighted by Gasteiger charge is -2.42. The number of carbonyl (C=O) groups is 1. The summed E-state index contributed by atoms with van der Waals surface area (Å²) in [6.45, 7) is 5.43. The number of hydrogen-bond donors (Lipinski definition) is 1. The van der Waals surface area contributed by atoms with Gasteiger partial charge in [-0.05, 0) is 70.6 Å². The van der Waals surface area contributed by atoms with Crippen LogP contribution in [-0.4, -0.2) is 41.9 Å². The van der Waals surface area contributed by atoms with E-state index in [4.69, 9.17) is 0 Å². The number of rotatable bonds is 4. The van der Waals surface area contributed by atoms with Crippen molar-refractivity contribution in [2.75, 3.05) is 5.75 Å². The average molecular weight is 421 g/mol. The molecule has 0 atom stereocenters. The Morgan fingerprint density at radius 2 is 1.71 bits per heavy atom. The third kappa shape index (κ3) is 5.40. The van der Waals surface area contributed by atoms with E-state index in [0.29, 0.717) is 31.7 Å². The van der Waals surface area contributed by atoms with Crippen molar-refractivity contribution >= 4 is 15.9 Å². The molecule has 1 saturated carbocycles. The highest BCUT2D eigenvalue weighted by Crippen LogP contribution is 2.34. The number of sulfone groups is 1. The second-order valence-electron chi connectivity index (χ2n) is 8.30. The van der Waals surface area contributed by atoms with Crippen LogP contribution in [0.4, 0.5) is 18.0 Å². The smallest absolute Gasteiger partial charge is 0.416 e. The first-order valence-electron chi connectivity index (χ1n) is 9.14. The molecule has 0 saturated heterocycles. The van der Waals surface area contributed by atoms with Gasteiger partial charge in [0.1, 0.15) is 0 Å². The molecule has 0 unspecified atom stereocenters. The van der Waals surface area contributed by atoms with Crippen molar-refractivity contribution in [1.82, 2.24) is 4.90 Å². The van der Waals surface area contributed by atoms with Crippen LogP contribution in [0.2, 0.25) is 0 Å². The van der Waals surface area contributed by atoms with Crippen molar-refractivity contribution < 1.29 is 31.5 Å². The molecule has 0 aliphatic heterocycles. The highest BCUT2D eigenvalue weighted by molar-refractivity contribution is 7.91. The lowest BCUT2D eigenvalue weighted by Crippen LogP contribution is -2.52. The molecular weight excluding hydrogens is 395 g/mol. The minimum absolute atomic E-state index is 0.190. The number of benzene rings is 1. The van der Waals surface area contributed by atoms with Gasteiger partial charge in [-0.1, -0.05) is 6.07 Å². The van der Waals surface area contributed by atoms with Crippen molar-refractivity contribution in [3.8, 4) is 0 Å². The van der Waals surface area contributed by atoms with E-state index in [1.807, 2.05) is 20.8 Å². The lowest BCUT2D eigenvalue weighted by molar-refractivity contribution is -0.137. The summed E-state index contributed by atoms with van der Waals surface area (Å²) in [5.41, 5.74) is -1.55. The summed E-state index contributed by atoms with van der Waals surface area (Å²) in [7, 11) is -3.86. The fraction of sp³-hybridized carbons (Fsp3) is 0.632. The van der Waals surface area contributed by atoms with Crippen LogP contribution >= 0.6 is 0 Å². The number of amides is 1. The molecule has 5 nitrogen and oxygen atoms in total. The second-order valence-corrected chi connectivity index (χ2v) is 10.3. The van der Waals surface area contributed by atoms with Crippen LogP contribution in [0.3, 0.4) is 0 Å². The number of hydrogen-bond acceptors (Lipinski definition) is 3. The zero-order valence-electron chi connectivity index (χ0n) is 16.2. The van der Waals surface area contributed by atoms with E-state index in [9.17, 15) is 31.5 Å². The van der Waals surface area contributed by atoms with E-state index in [0.717, 1.165) is 12.1 Å². The van der Waals surface area contributed by atoms with Gasteiger partial charge in [-0.15, -0.1) is 0 Å². The number of nitrogens with zero attached hydrogens (tertiary/aromatic N) is 1. The van der Waals surface area contributed by atoms with E-state index >= 15 is 0 Å². The lowest BCUT2D eigenvalue weighted by atomic mass is 9.85. The monoisotopic (exact) mass is 421 g/mol. The molecule has 2 rings (SSSR count). The SMILES string of the molecule is CC(C)(C)N(C(=O)O)[C@H]1CC[C@H](CS(=O)(=O)c2cccc(C(F)(F)F)c2)CC1. The Labute approximate surface area is 163 Å². The Kier molecular flexibility index (Phi) is 6.37. The topological polar surface area (TPSA) is 74.7 Å². The summed E-state index contributed by atoms with van der Waals surface area (Å²) in [6, 6.07) is 3.61. The highest BCUT2D eigenvalue weighted by atomic mass is 32.2. The molecule has 28 heavy (non-hydrogen) atoms. The van der Waals surface area contributed by atoms with Gasteiger partial charge >= 0.3 is 12.3 Å². The average Bonchev–Trinajstić information content (AvgIpc) is 2.54. The minimum Gasteiger partial charge on any atom is -0.465 e. The first-order valence-corrected chi connectivity index (χ1v) is 10.8. The van der Waals surface area contributed by atoms with Gasteiger partial charge in [0.2, 0.25) is 0 Å². The van der Waals surface area contributed by atoms with Crippen LogP contribution in [0.1, 0.15) is 52.0 Å². The van der Waals surface area contributed by atoms with Crippen LogP contribution in [0, 0.1) is 5.92 Å². The number of carboxylic acid groups (broad SMARTS) is 1. The van der Waals surface area contributed by atoms with Crippen LogP contribution in [0.15, 0.2) is 29.2 Å². The zero-order chi connectivity index (χ0) is 21.3. The fourth-order valence-electron chi connectivity index (χ4n) is 3.83. The molecule has 9 heteroatoms. The summed E-state index contributed by atoms with van der Waals surface area (Å²) < 4.78 is 63.7. The summed E-state index contributed by atoms with van der Waals surface area (Å²) >= 11 is 0. The molecule has 1 aliphatic carbocycles. The van der Waals surface area contributed by atoms with Crippen molar-refractivity contribution in [1.29, 1.82) is 0 Å². The first kappa shape index (κ1) is 22.5. The van der Waals surface area contributed by atoms with Crippen molar-refractivity contribution in [2.24, 2.45) is 5.92 Å². The Morgan fingerprint density at radius 3 is 2.18 bits per heavy atom. The van der Waals surface area contributed by atoms with Crippen LogP contribution in [0.25, 0.3) is 0 Å². The van der Waals surface area contributed by atoms with Gasteiger partial charge in [0.15, 0.2) is 9.84 Å². The Bertz CT molecular complexity index is 807. The van der Waals surface area contributed by atoms with E-state index < -0.39 is 33.2 Å². The van der Waals surface area contributed by atoms with E-state index in [1.54, 1.807) is 0 Å². The molecule has 0 aromatic heterocycles. The molecular formula is C19H26F3NO4S. The van der Waals surface area contributed by atoms with E-state index in [-0.39, 0.29) is 22.6 Å². The largest absolute Gasteiger partial charge is 0.465 e. The number of halogens is 3. The van der Waals surface area contributed by atoms with Gasteiger partial charge in [-0.3, -0.25) is 0 Å². The second kappa shape index (κ2) is 7.93. The van der Waals surface area contributed by atoms with Crippen molar-refractivity contribution in [3.05, 3.63) is 29.8 Å². The molecule has 1 N–H and O–H groups in total. The van der Waals surface area contributed by atoms with E-state index in [1.165, 1.54) is 11.0 Å². The minimum atomic E-state index is -4.60. The fourth-order valence-corrected chi connectivity index (χ4v) is 5.57. The predicted molar refractivity (Wildman–Crippen MR) is 98.9 cm³/mol. The molecule has 1 aromatic rings. The summed E-state index contributed by atoms with van der Waals surface area (Å²) in [5.74, 6) is -0.435. The zero-order valence-corrected chi connectivity index (χ0v) is 17.0. The van der Waals surface area contributed by atoms with Crippen molar-refractivity contribution in [3.63, 3.8) is 0 Å². The predicted octanol–water partition coefficient (Wildman–Crippen LogP) is 4.82. The Balaban J connectivity index is 2.07. The third-order valence-corrected chi connectivity index (χ3v) is 6.97. The molecule has 1 aliphatic rings. The van der Waals surface area contributed by atoms with Gasteiger partial charge in [0.25, 0.3) is 0 Å². The Hall–Kier alpha value is -1.77. The number of alkyl halides is 3. The van der Waals surface area contributed by atoms with Crippen LogP contribution in [0.5, 0.6) is 0 Å². The maximum atomic E-state index is 12.8. The van der Waals surface area contributed by atoms with Gasteiger partial charge in [0.05, 0.1) is 16.2 Å². The van der Waals surface area contributed by atoms with Gasteiger partial charge < -0.3 is 10.0 Å².